The Hall–Kier alpha value is -1.40. The molecule has 26 heavy (non-hydrogen) atoms. The number of aliphatic carboxylic acids is 1. The molecule has 0 aromatic rings. The standard InChI is InChI=1S/C20H28N2O4/c23-18-17-16(19(24)25)15-6-9-20(17,26-15)12-22(18)14-7-10-21(11-8-14)13-4-2-1-3-5-13/h6,9,13-17H,1-5,7-8,10-12H2,(H,24,25). The third-order valence-electron chi connectivity index (χ3n) is 7.45. The maximum Gasteiger partial charge on any atom is 0.310 e. The van der Waals surface area contributed by atoms with E-state index in [1.165, 1.54) is 32.1 Å². The fourth-order valence-corrected chi connectivity index (χ4v) is 6.13. The molecule has 1 saturated carbocycles. The summed E-state index contributed by atoms with van der Waals surface area (Å²) in [5.41, 5.74) is -0.689. The summed E-state index contributed by atoms with van der Waals surface area (Å²) < 4.78 is 6.00. The van der Waals surface area contributed by atoms with Crippen LogP contribution in [-0.2, 0) is 14.3 Å². The van der Waals surface area contributed by atoms with Crippen molar-refractivity contribution < 1.29 is 19.4 Å². The molecule has 1 N–H and O–H groups in total. The summed E-state index contributed by atoms with van der Waals surface area (Å²) in [6, 6.07) is 0.961. The molecule has 4 atom stereocenters. The number of carbonyl (C=O) groups excluding carboxylic acids is 1. The second-order valence-electron chi connectivity index (χ2n) is 8.76. The summed E-state index contributed by atoms with van der Waals surface area (Å²) in [5, 5.41) is 9.58. The molecule has 142 valence electrons. The minimum Gasteiger partial charge on any atom is -0.481 e. The number of hydrogen-bond donors (Lipinski definition) is 1. The van der Waals surface area contributed by atoms with Crippen LogP contribution in [0.25, 0.3) is 0 Å². The van der Waals surface area contributed by atoms with Crippen LogP contribution in [0.5, 0.6) is 0 Å². The Morgan fingerprint density at radius 2 is 1.85 bits per heavy atom. The number of rotatable bonds is 3. The maximum atomic E-state index is 13.1. The van der Waals surface area contributed by atoms with Gasteiger partial charge in [-0.05, 0) is 25.7 Å². The van der Waals surface area contributed by atoms with Crippen LogP contribution in [0.1, 0.15) is 44.9 Å². The zero-order valence-electron chi connectivity index (χ0n) is 15.2. The van der Waals surface area contributed by atoms with E-state index in [4.69, 9.17) is 4.74 Å². The topological polar surface area (TPSA) is 70.1 Å². The van der Waals surface area contributed by atoms with Crippen molar-refractivity contribution in [3.8, 4) is 0 Å². The average Bonchev–Trinajstić information content (AvgIpc) is 3.31. The van der Waals surface area contributed by atoms with Crippen molar-refractivity contribution in [3.05, 3.63) is 12.2 Å². The number of nitrogens with zero attached hydrogens (tertiary/aromatic N) is 2. The Balaban J connectivity index is 1.27. The van der Waals surface area contributed by atoms with Crippen LogP contribution in [0, 0.1) is 11.8 Å². The first-order valence-corrected chi connectivity index (χ1v) is 10.2. The first kappa shape index (κ1) is 16.8. The Kier molecular flexibility index (Phi) is 3.90. The molecule has 5 aliphatic rings. The fourth-order valence-electron chi connectivity index (χ4n) is 6.13. The predicted molar refractivity (Wildman–Crippen MR) is 94.5 cm³/mol. The van der Waals surface area contributed by atoms with Crippen molar-refractivity contribution in [2.24, 2.45) is 11.8 Å². The minimum absolute atomic E-state index is 0.000339. The van der Waals surface area contributed by atoms with E-state index in [2.05, 4.69) is 4.90 Å². The van der Waals surface area contributed by atoms with Gasteiger partial charge in [-0.1, -0.05) is 31.4 Å². The zero-order valence-corrected chi connectivity index (χ0v) is 15.2. The predicted octanol–water partition coefficient (Wildman–Crippen LogP) is 1.65. The molecule has 6 heteroatoms. The van der Waals surface area contributed by atoms with E-state index in [1.807, 2.05) is 17.1 Å². The fraction of sp³-hybridized carbons (Fsp3) is 0.800. The normalized spacial score (nSPS) is 41.2. The zero-order chi connectivity index (χ0) is 17.9. The number of hydrogen-bond acceptors (Lipinski definition) is 4. The monoisotopic (exact) mass is 360 g/mol. The lowest BCUT2D eigenvalue weighted by atomic mass is 9.77. The molecule has 4 aliphatic heterocycles. The molecule has 4 unspecified atom stereocenters. The Labute approximate surface area is 154 Å². The van der Waals surface area contributed by atoms with E-state index in [0.29, 0.717) is 6.54 Å². The minimum atomic E-state index is -0.909. The van der Waals surface area contributed by atoms with Gasteiger partial charge in [0.25, 0.3) is 0 Å². The van der Waals surface area contributed by atoms with Crippen molar-refractivity contribution >= 4 is 11.9 Å². The van der Waals surface area contributed by atoms with Crippen LogP contribution < -0.4 is 0 Å². The van der Waals surface area contributed by atoms with Gasteiger partial charge in [-0.25, -0.2) is 0 Å². The molecule has 1 spiro atoms. The lowest BCUT2D eigenvalue weighted by Crippen LogP contribution is -2.50. The number of ether oxygens (including phenoxy) is 1. The largest absolute Gasteiger partial charge is 0.481 e. The number of likely N-dealkylation sites (tertiary alicyclic amines) is 2. The van der Waals surface area contributed by atoms with E-state index in [-0.39, 0.29) is 11.9 Å². The summed E-state index contributed by atoms with van der Waals surface area (Å²) in [5.74, 6) is -2.17. The molecule has 4 heterocycles. The molecule has 0 radical (unpaired) electrons. The molecular formula is C20H28N2O4. The molecular weight excluding hydrogens is 332 g/mol. The van der Waals surface area contributed by atoms with Crippen molar-refractivity contribution in [1.82, 2.24) is 9.80 Å². The van der Waals surface area contributed by atoms with Crippen LogP contribution in [0.3, 0.4) is 0 Å². The SMILES string of the molecule is O=C(O)C1C2C=CC3(CN(C4CCN(C5CCCCC5)CC4)C(=O)C13)O2. The Morgan fingerprint density at radius 3 is 2.54 bits per heavy atom. The van der Waals surface area contributed by atoms with Crippen molar-refractivity contribution in [1.29, 1.82) is 0 Å². The van der Waals surface area contributed by atoms with Crippen molar-refractivity contribution in [2.75, 3.05) is 19.6 Å². The van der Waals surface area contributed by atoms with Crippen LogP contribution in [0.2, 0.25) is 0 Å². The quantitative estimate of drug-likeness (QED) is 0.775. The van der Waals surface area contributed by atoms with Gasteiger partial charge in [0.05, 0.1) is 18.6 Å². The number of carboxylic acid groups (broad SMARTS) is 1. The Morgan fingerprint density at radius 1 is 1.12 bits per heavy atom. The van der Waals surface area contributed by atoms with Crippen molar-refractivity contribution in [3.63, 3.8) is 0 Å². The smallest absolute Gasteiger partial charge is 0.310 e. The van der Waals surface area contributed by atoms with E-state index in [9.17, 15) is 14.7 Å². The molecule has 0 aromatic heterocycles. The summed E-state index contributed by atoms with van der Waals surface area (Å²) >= 11 is 0. The molecule has 1 amide bonds. The first-order valence-electron chi connectivity index (χ1n) is 10.2. The highest BCUT2D eigenvalue weighted by molar-refractivity contribution is 5.91. The lowest BCUT2D eigenvalue weighted by molar-refractivity contribution is -0.148. The van der Waals surface area contributed by atoms with Gasteiger partial charge in [0.15, 0.2) is 0 Å². The summed E-state index contributed by atoms with van der Waals surface area (Å²) in [7, 11) is 0. The van der Waals surface area contributed by atoms with E-state index in [0.717, 1.165) is 32.0 Å². The summed E-state index contributed by atoms with van der Waals surface area (Å²) in [4.78, 5) is 29.4. The lowest BCUT2D eigenvalue weighted by Gasteiger charge is -2.42. The second-order valence-corrected chi connectivity index (χ2v) is 8.76. The molecule has 4 fully saturated rings. The van der Waals surface area contributed by atoms with E-state index in [1.54, 1.807) is 0 Å². The van der Waals surface area contributed by atoms with Crippen LogP contribution in [-0.4, -0.2) is 70.2 Å². The van der Waals surface area contributed by atoms with Gasteiger partial charge in [0, 0.05) is 25.2 Å². The Bertz CT molecular complexity index is 636. The second kappa shape index (κ2) is 6.06. The van der Waals surface area contributed by atoms with Crippen LogP contribution in [0.4, 0.5) is 0 Å². The van der Waals surface area contributed by atoms with E-state index < -0.39 is 29.5 Å². The number of piperidine rings is 1. The van der Waals surface area contributed by atoms with Gasteiger partial charge in [0.1, 0.15) is 11.5 Å². The highest BCUT2D eigenvalue weighted by Crippen LogP contribution is 2.52. The van der Waals surface area contributed by atoms with Crippen LogP contribution in [0.15, 0.2) is 12.2 Å². The molecule has 1 aliphatic carbocycles. The van der Waals surface area contributed by atoms with E-state index >= 15 is 0 Å². The summed E-state index contributed by atoms with van der Waals surface area (Å²) in [6.45, 7) is 2.64. The number of amides is 1. The maximum absolute atomic E-state index is 13.1. The number of carbonyl (C=O) groups is 2. The van der Waals surface area contributed by atoms with Gasteiger partial charge < -0.3 is 19.6 Å². The molecule has 2 bridgehead atoms. The number of carboxylic acids is 1. The molecule has 6 nitrogen and oxygen atoms in total. The van der Waals surface area contributed by atoms with Gasteiger partial charge in [-0.3, -0.25) is 9.59 Å². The summed E-state index contributed by atoms with van der Waals surface area (Å²) in [6.07, 6.45) is 12.1. The molecule has 5 rings (SSSR count). The molecule has 0 aromatic carbocycles. The van der Waals surface area contributed by atoms with Gasteiger partial charge in [-0.15, -0.1) is 0 Å². The van der Waals surface area contributed by atoms with Gasteiger partial charge in [0.2, 0.25) is 5.91 Å². The van der Waals surface area contributed by atoms with Gasteiger partial charge in [-0.2, -0.15) is 0 Å². The van der Waals surface area contributed by atoms with Crippen LogP contribution >= 0.6 is 0 Å². The average molecular weight is 360 g/mol. The number of fused-ring (bicyclic) bond motifs is 1. The third-order valence-corrected chi connectivity index (χ3v) is 7.45. The third kappa shape index (κ3) is 2.38. The highest BCUT2D eigenvalue weighted by atomic mass is 16.5. The highest BCUT2D eigenvalue weighted by Gasteiger charge is 2.67. The molecule has 3 saturated heterocycles. The van der Waals surface area contributed by atoms with Crippen molar-refractivity contribution in [2.45, 2.75) is 68.7 Å². The van der Waals surface area contributed by atoms with Gasteiger partial charge >= 0.3 is 5.97 Å². The first-order chi connectivity index (χ1) is 12.6.